The number of carbonyl (C=O) groups is 5. The average molecular weight is 354 g/mol. The number of Topliss-reactive ketones (excluding diaryl/α,β-unsaturated/α-hetero) is 1. The number of imide groups is 1. The van der Waals surface area contributed by atoms with Gasteiger partial charge >= 0.3 is 5.97 Å². The van der Waals surface area contributed by atoms with Crippen LogP contribution >= 0.6 is 0 Å². The molecule has 9 nitrogen and oxygen atoms in total. The Morgan fingerprint density at radius 3 is 2.36 bits per heavy atom. The van der Waals surface area contributed by atoms with Gasteiger partial charge in [-0.15, -0.1) is 0 Å². The molecule has 1 rings (SSSR count). The Morgan fingerprint density at radius 1 is 1.04 bits per heavy atom. The van der Waals surface area contributed by atoms with E-state index in [0.29, 0.717) is 13.0 Å². The van der Waals surface area contributed by atoms with Crippen molar-refractivity contribution in [1.29, 1.82) is 0 Å². The summed E-state index contributed by atoms with van der Waals surface area (Å²) in [6.45, 7) is 0.412. The maximum atomic E-state index is 11.7. The summed E-state index contributed by atoms with van der Waals surface area (Å²) in [6.07, 6.45) is 3.36. The van der Waals surface area contributed by atoms with Crippen LogP contribution in [0.1, 0.15) is 25.7 Å². The second-order valence-corrected chi connectivity index (χ2v) is 5.27. The topological polar surface area (TPSA) is 119 Å². The SMILES string of the molecule is COC(=O)CNC(=O)CCOCCCC(=O)CCN1C(=O)C=CC1=O. The molecule has 9 heteroatoms. The van der Waals surface area contributed by atoms with E-state index in [1.54, 1.807) is 0 Å². The predicted molar refractivity (Wildman–Crippen MR) is 85.2 cm³/mol. The van der Waals surface area contributed by atoms with Crippen molar-refractivity contribution in [3.8, 4) is 0 Å². The largest absolute Gasteiger partial charge is 0.468 e. The van der Waals surface area contributed by atoms with Gasteiger partial charge in [0.25, 0.3) is 11.8 Å². The summed E-state index contributed by atoms with van der Waals surface area (Å²) < 4.78 is 9.63. The lowest BCUT2D eigenvalue weighted by atomic mass is 10.1. The molecule has 0 saturated carbocycles. The molecule has 0 aliphatic carbocycles. The van der Waals surface area contributed by atoms with Crippen LogP contribution in [-0.4, -0.2) is 67.8 Å². The van der Waals surface area contributed by atoms with Crippen molar-refractivity contribution in [2.45, 2.75) is 25.7 Å². The molecule has 1 aliphatic rings. The number of rotatable bonds is 12. The number of nitrogens with one attached hydrogen (secondary N) is 1. The van der Waals surface area contributed by atoms with Gasteiger partial charge in [-0.25, -0.2) is 0 Å². The van der Waals surface area contributed by atoms with Gasteiger partial charge in [0.15, 0.2) is 0 Å². The number of nitrogens with zero attached hydrogens (tertiary/aromatic N) is 1. The highest BCUT2D eigenvalue weighted by Gasteiger charge is 2.23. The van der Waals surface area contributed by atoms with Crippen LogP contribution in [0.2, 0.25) is 0 Å². The van der Waals surface area contributed by atoms with Crippen LogP contribution in [0, 0.1) is 0 Å². The summed E-state index contributed by atoms with van der Waals surface area (Å²) in [4.78, 5) is 57.5. The zero-order valence-corrected chi connectivity index (χ0v) is 14.1. The van der Waals surface area contributed by atoms with Gasteiger partial charge in [-0.3, -0.25) is 28.9 Å². The van der Waals surface area contributed by atoms with Crippen LogP contribution in [0.4, 0.5) is 0 Å². The van der Waals surface area contributed by atoms with Crippen molar-refractivity contribution < 1.29 is 33.4 Å². The summed E-state index contributed by atoms with van der Waals surface area (Å²) in [5.74, 6) is -1.71. The molecule has 1 N–H and O–H groups in total. The molecule has 1 aliphatic heterocycles. The summed E-state index contributed by atoms with van der Waals surface area (Å²) in [7, 11) is 1.23. The predicted octanol–water partition coefficient (Wildman–Crippen LogP) is -0.653. The minimum Gasteiger partial charge on any atom is -0.468 e. The molecule has 0 aromatic rings. The molecule has 138 valence electrons. The number of amides is 3. The van der Waals surface area contributed by atoms with Crippen molar-refractivity contribution >= 4 is 29.5 Å². The zero-order chi connectivity index (χ0) is 18.7. The van der Waals surface area contributed by atoms with Gasteiger partial charge in [-0.1, -0.05) is 0 Å². The molecule has 25 heavy (non-hydrogen) atoms. The summed E-state index contributed by atoms with van der Waals surface area (Å²) >= 11 is 0. The first kappa shape index (κ1) is 20.5. The second kappa shape index (κ2) is 11.1. The summed E-state index contributed by atoms with van der Waals surface area (Å²) in [5.41, 5.74) is 0. The van der Waals surface area contributed by atoms with Crippen LogP contribution in [-0.2, 0) is 33.4 Å². The minimum atomic E-state index is -0.527. The normalized spacial score (nSPS) is 13.2. The van der Waals surface area contributed by atoms with E-state index < -0.39 is 17.8 Å². The lowest BCUT2D eigenvalue weighted by molar-refractivity contribution is -0.141. The lowest BCUT2D eigenvalue weighted by Crippen LogP contribution is -2.32. The van der Waals surface area contributed by atoms with Crippen LogP contribution < -0.4 is 5.32 Å². The maximum Gasteiger partial charge on any atom is 0.325 e. The lowest BCUT2D eigenvalue weighted by Gasteiger charge is -2.12. The van der Waals surface area contributed by atoms with E-state index in [4.69, 9.17) is 4.74 Å². The molecule has 0 bridgehead atoms. The molecular weight excluding hydrogens is 332 g/mol. The van der Waals surface area contributed by atoms with Crippen LogP contribution in [0.15, 0.2) is 12.2 Å². The van der Waals surface area contributed by atoms with Gasteiger partial charge in [-0.2, -0.15) is 0 Å². The Bertz CT molecular complexity index is 539. The van der Waals surface area contributed by atoms with Gasteiger partial charge in [0.1, 0.15) is 12.3 Å². The molecule has 0 saturated heterocycles. The molecule has 0 aromatic carbocycles. The zero-order valence-electron chi connectivity index (χ0n) is 14.1. The van der Waals surface area contributed by atoms with Crippen molar-refractivity contribution in [2.75, 3.05) is 33.4 Å². The third-order valence-electron chi connectivity index (χ3n) is 3.39. The van der Waals surface area contributed by atoms with Crippen LogP contribution in [0.25, 0.3) is 0 Å². The van der Waals surface area contributed by atoms with Crippen molar-refractivity contribution in [3.63, 3.8) is 0 Å². The fraction of sp³-hybridized carbons (Fsp3) is 0.562. The molecule has 0 fully saturated rings. The van der Waals surface area contributed by atoms with Gasteiger partial charge in [0, 0.05) is 44.6 Å². The highest BCUT2D eigenvalue weighted by atomic mass is 16.5. The van der Waals surface area contributed by atoms with Crippen LogP contribution in [0.5, 0.6) is 0 Å². The number of carbonyl (C=O) groups excluding carboxylic acids is 5. The second-order valence-electron chi connectivity index (χ2n) is 5.27. The molecule has 0 spiro atoms. The quantitative estimate of drug-likeness (QED) is 0.281. The van der Waals surface area contributed by atoms with Crippen LogP contribution in [0.3, 0.4) is 0 Å². The summed E-state index contributed by atoms with van der Waals surface area (Å²) in [6, 6.07) is 0. The van der Waals surface area contributed by atoms with E-state index in [0.717, 1.165) is 4.90 Å². The fourth-order valence-electron chi connectivity index (χ4n) is 1.98. The Kier molecular flexibility index (Phi) is 9.09. The Labute approximate surface area is 145 Å². The Morgan fingerprint density at radius 2 is 1.72 bits per heavy atom. The van der Waals surface area contributed by atoms with Gasteiger partial charge in [-0.05, 0) is 6.42 Å². The monoisotopic (exact) mass is 354 g/mol. The molecule has 0 aromatic heterocycles. The highest BCUT2D eigenvalue weighted by molar-refractivity contribution is 6.13. The number of hydrogen-bond donors (Lipinski definition) is 1. The van der Waals surface area contributed by atoms with Gasteiger partial charge in [0.2, 0.25) is 5.91 Å². The van der Waals surface area contributed by atoms with E-state index in [1.165, 1.54) is 19.3 Å². The highest BCUT2D eigenvalue weighted by Crippen LogP contribution is 2.06. The van der Waals surface area contributed by atoms with E-state index in [9.17, 15) is 24.0 Å². The molecule has 0 radical (unpaired) electrons. The van der Waals surface area contributed by atoms with E-state index >= 15 is 0 Å². The Balaban J connectivity index is 1.99. The Hall–Kier alpha value is -2.55. The first-order chi connectivity index (χ1) is 11.9. The average Bonchev–Trinajstić information content (AvgIpc) is 2.91. The minimum absolute atomic E-state index is 0.0630. The van der Waals surface area contributed by atoms with Crippen molar-refractivity contribution in [2.24, 2.45) is 0 Å². The fourth-order valence-corrected chi connectivity index (χ4v) is 1.98. The first-order valence-electron chi connectivity index (χ1n) is 7.90. The van der Waals surface area contributed by atoms with Gasteiger partial charge < -0.3 is 14.8 Å². The van der Waals surface area contributed by atoms with E-state index in [1.807, 2.05) is 0 Å². The first-order valence-corrected chi connectivity index (χ1v) is 7.90. The molecule has 3 amide bonds. The third-order valence-corrected chi connectivity index (χ3v) is 3.39. The number of ketones is 1. The number of esters is 1. The van der Waals surface area contributed by atoms with Crippen molar-refractivity contribution in [3.05, 3.63) is 12.2 Å². The van der Waals surface area contributed by atoms with E-state index in [2.05, 4.69) is 10.1 Å². The van der Waals surface area contributed by atoms with Crippen molar-refractivity contribution in [1.82, 2.24) is 10.2 Å². The smallest absolute Gasteiger partial charge is 0.325 e. The molecular formula is C16H22N2O7. The third kappa shape index (κ3) is 8.20. The number of hydrogen-bond acceptors (Lipinski definition) is 7. The maximum absolute atomic E-state index is 11.7. The molecule has 0 atom stereocenters. The standard InChI is InChI=1S/C16H22N2O7/c1-24-16(23)11-17-13(20)7-10-25-9-2-3-12(19)6-8-18-14(21)4-5-15(18)22/h4-5H,2-3,6-11H2,1H3,(H,17,20). The van der Waals surface area contributed by atoms with E-state index in [-0.39, 0.29) is 50.6 Å². The number of ether oxygens (including phenoxy) is 2. The molecule has 1 heterocycles. The van der Waals surface area contributed by atoms with Gasteiger partial charge in [0.05, 0.1) is 13.7 Å². The molecule has 0 unspecified atom stereocenters. The number of methoxy groups -OCH3 is 1. The summed E-state index contributed by atoms with van der Waals surface area (Å²) in [5, 5.41) is 2.38.